The molecule has 2 N–H and O–H groups in total. The van der Waals surface area contributed by atoms with Crippen molar-refractivity contribution in [2.24, 2.45) is 11.3 Å². The lowest BCUT2D eigenvalue weighted by atomic mass is 9.78. The highest BCUT2D eigenvalue weighted by atomic mass is 16.2. The molecule has 3 rings (SSSR count). The van der Waals surface area contributed by atoms with Crippen LogP contribution in [0.15, 0.2) is 18.2 Å². The number of carbonyl (C=O) groups excluding carboxylic acids is 2. The zero-order chi connectivity index (χ0) is 18.7. The van der Waals surface area contributed by atoms with Crippen molar-refractivity contribution in [3.63, 3.8) is 0 Å². The van der Waals surface area contributed by atoms with Gasteiger partial charge in [0.15, 0.2) is 0 Å². The first-order valence-corrected chi connectivity index (χ1v) is 9.79. The first-order valence-electron chi connectivity index (χ1n) is 9.79. The molecule has 0 saturated carbocycles. The van der Waals surface area contributed by atoms with Crippen LogP contribution in [0, 0.1) is 18.3 Å². The Morgan fingerprint density at radius 2 is 1.96 bits per heavy atom. The van der Waals surface area contributed by atoms with Gasteiger partial charge in [0.05, 0.1) is 0 Å². The lowest BCUT2D eigenvalue weighted by Gasteiger charge is -2.39. The second-order valence-corrected chi connectivity index (χ2v) is 8.39. The summed E-state index contributed by atoms with van der Waals surface area (Å²) in [6.07, 6.45) is 3.92. The Kier molecular flexibility index (Phi) is 5.66. The van der Waals surface area contributed by atoms with E-state index in [2.05, 4.69) is 10.6 Å². The molecule has 1 spiro atoms. The van der Waals surface area contributed by atoms with Crippen molar-refractivity contribution in [3.8, 4) is 0 Å². The molecular weight excluding hydrogens is 326 g/mol. The van der Waals surface area contributed by atoms with E-state index in [9.17, 15) is 9.59 Å². The fraction of sp³-hybridized carbons (Fsp3) is 0.619. The standard InChI is InChI=1S/C21H31N3O2/c1-15(2)12-19(25)23-18-5-4-17(13-16(18)3)20(26)24-10-7-21(8-11-24)6-9-22-14-21/h4-5,13,15,22H,6-12,14H2,1-3H3,(H,23,25). The number of nitrogens with one attached hydrogen (secondary N) is 2. The Balaban J connectivity index is 1.61. The van der Waals surface area contributed by atoms with Gasteiger partial charge in [-0.15, -0.1) is 0 Å². The first-order chi connectivity index (χ1) is 12.4. The first kappa shape index (κ1) is 18.9. The molecule has 2 aliphatic rings. The number of hydrogen-bond acceptors (Lipinski definition) is 3. The maximum atomic E-state index is 12.9. The van der Waals surface area contributed by atoms with Gasteiger partial charge in [-0.25, -0.2) is 0 Å². The minimum absolute atomic E-state index is 0.0219. The lowest BCUT2D eigenvalue weighted by molar-refractivity contribution is -0.116. The van der Waals surface area contributed by atoms with Gasteiger partial charge in [-0.1, -0.05) is 13.8 Å². The second-order valence-electron chi connectivity index (χ2n) is 8.39. The topological polar surface area (TPSA) is 61.4 Å². The van der Waals surface area contributed by atoms with Gasteiger partial charge >= 0.3 is 0 Å². The number of likely N-dealkylation sites (tertiary alicyclic amines) is 1. The van der Waals surface area contributed by atoms with Crippen LogP contribution >= 0.6 is 0 Å². The van der Waals surface area contributed by atoms with Crippen molar-refractivity contribution < 1.29 is 9.59 Å². The normalized spacial score (nSPS) is 19.2. The summed E-state index contributed by atoms with van der Waals surface area (Å²) in [5.41, 5.74) is 2.85. The average molecular weight is 357 g/mol. The molecule has 2 saturated heterocycles. The molecule has 0 unspecified atom stereocenters. The van der Waals surface area contributed by atoms with Crippen molar-refractivity contribution in [1.82, 2.24) is 10.2 Å². The summed E-state index contributed by atoms with van der Waals surface area (Å²) in [6, 6.07) is 5.59. The quantitative estimate of drug-likeness (QED) is 0.870. The van der Waals surface area contributed by atoms with Crippen molar-refractivity contribution in [2.45, 2.75) is 46.5 Å². The number of carbonyl (C=O) groups is 2. The Morgan fingerprint density at radius 3 is 2.54 bits per heavy atom. The molecule has 0 radical (unpaired) electrons. The second kappa shape index (κ2) is 7.78. The number of aryl methyl sites for hydroxylation is 1. The molecular formula is C21H31N3O2. The highest BCUT2D eigenvalue weighted by Gasteiger charge is 2.38. The highest BCUT2D eigenvalue weighted by Crippen LogP contribution is 2.37. The van der Waals surface area contributed by atoms with Crippen LogP contribution in [0.1, 0.15) is 55.5 Å². The van der Waals surface area contributed by atoms with Gasteiger partial charge in [0.2, 0.25) is 5.91 Å². The van der Waals surface area contributed by atoms with Crippen molar-refractivity contribution in [2.75, 3.05) is 31.5 Å². The van der Waals surface area contributed by atoms with Gasteiger partial charge in [0.1, 0.15) is 0 Å². The Hall–Kier alpha value is -1.88. The van der Waals surface area contributed by atoms with Crippen LogP contribution in [0.25, 0.3) is 0 Å². The molecule has 0 aliphatic carbocycles. The third kappa shape index (κ3) is 4.26. The summed E-state index contributed by atoms with van der Waals surface area (Å²) < 4.78 is 0. The zero-order valence-electron chi connectivity index (χ0n) is 16.2. The van der Waals surface area contributed by atoms with Crippen LogP contribution < -0.4 is 10.6 Å². The number of rotatable bonds is 4. The molecule has 0 atom stereocenters. The number of anilines is 1. The third-order valence-corrected chi connectivity index (χ3v) is 5.78. The molecule has 2 heterocycles. The van der Waals surface area contributed by atoms with Crippen molar-refractivity contribution in [3.05, 3.63) is 29.3 Å². The predicted octanol–water partition coefficient (Wildman–Crippen LogP) is 3.20. The summed E-state index contributed by atoms with van der Waals surface area (Å²) in [7, 11) is 0. The maximum absolute atomic E-state index is 12.9. The van der Waals surface area contributed by atoms with Gasteiger partial charge in [-0.05, 0) is 67.8 Å². The fourth-order valence-corrected chi connectivity index (χ4v) is 4.10. The summed E-state index contributed by atoms with van der Waals surface area (Å²) in [5.74, 6) is 0.455. The highest BCUT2D eigenvalue weighted by molar-refractivity contribution is 5.96. The molecule has 26 heavy (non-hydrogen) atoms. The molecule has 2 amide bonds. The monoisotopic (exact) mass is 357 g/mol. The van der Waals surface area contributed by atoms with E-state index in [1.165, 1.54) is 6.42 Å². The van der Waals surface area contributed by atoms with Gasteiger partial charge in [0.25, 0.3) is 5.91 Å². The minimum atomic E-state index is 0.0219. The number of nitrogens with zero attached hydrogens (tertiary/aromatic N) is 1. The van der Waals surface area contributed by atoms with Gasteiger partial charge < -0.3 is 15.5 Å². The van der Waals surface area contributed by atoms with E-state index in [1.807, 2.05) is 43.9 Å². The lowest BCUT2D eigenvalue weighted by Crippen LogP contribution is -2.44. The predicted molar refractivity (Wildman–Crippen MR) is 104 cm³/mol. The molecule has 1 aromatic carbocycles. The molecule has 5 nitrogen and oxygen atoms in total. The SMILES string of the molecule is Cc1cc(C(=O)N2CCC3(CCNC3)CC2)ccc1NC(=O)CC(C)C. The zero-order valence-corrected chi connectivity index (χ0v) is 16.2. The van der Waals surface area contributed by atoms with Crippen LogP contribution in [0.5, 0.6) is 0 Å². The molecule has 2 aliphatic heterocycles. The Labute approximate surface area is 156 Å². The third-order valence-electron chi connectivity index (χ3n) is 5.78. The minimum Gasteiger partial charge on any atom is -0.339 e. The molecule has 5 heteroatoms. The van der Waals surface area contributed by atoms with Crippen LogP contribution in [-0.2, 0) is 4.79 Å². The van der Waals surface area contributed by atoms with Gasteiger partial charge in [0, 0.05) is 37.3 Å². The molecule has 2 fully saturated rings. The van der Waals surface area contributed by atoms with E-state index in [4.69, 9.17) is 0 Å². The van der Waals surface area contributed by atoms with E-state index in [1.54, 1.807) is 0 Å². The summed E-state index contributed by atoms with van der Waals surface area (Å²) in [6.45, 7) is 9.88. The largest absolute Gasteiger partial charge is 0.339 e. The van der Waals surface area contributed by atoms with E-state index in [0.717, 1.165) is 50.3 Å². The number of amides is 2. The molecule has 0 aromatic heterocycles. The van der Waals surface area contributed by atoms with Crippen LogP contribution in [-0.4, -0.2) is 42.9 Å². The van der Waals surface area contributed by atoms with E-state index in [0.29, 0.717) is 23.3 Å². The smallest absolute Gasteiger partial charge is 0.253 e. The molecule has 1 aromatic rings. The van der Waals surface area contributed by atoms with E-state index >= 15 is 0 Å². The van der Waals surface area contributed by atoms with Gasteiger partial charge in [-0.3, -0.25) is 9.59 Å². The van der Waals surface area contributed by atoms with Crippen LogP contribution in [0.2, 0.25) is 0 Å². The fourth-order valence-electron chi connectivity index (χ4n) is 4.10. The summed E-state index contributed by atoms with van der Waals surface area (Å²) >= 11 is 0. The molecule has 0 bridgehead atoms. The van der Waals surface area contributed by atoms with Crippen molar-refractivity contribution in [1.29, 1.82) is 0 Å². The number of hydrogen-bond donors (Lipinski definition) is 2. The van der Waals surface area contributed by atoms with Gasteiger partial charge in [-0.2, -0.15) is 0 Å². The molecule has 142 valence electrons. The Morgan fingerprint density at radius 1 is 1.23 bits per heavy atom. The van der Waals surface area contributed by atoms with Crippen molar-refractivity contribution >= 4 is 17.5 Å². The number of piperidine rings is 1. The van der Waals surface area contributed by atoms with Crippen LogP contribution in [0.3, 0.4) is 0 Å². The Bertz CT molecular complexity index is 668. The maximum Gasteiger partial charge on any atom is 0.253 e. The number of benzene rings is 1. The summed E-state index contributed by atoms with van der Waals surface area (Å²) in [4.78, 5) is 26.8. The van der Waals surface area contributed by atoms with E-state index in [-0.39, 0.29) is 11.8 Å². The van der Waals surface area contributed by atoms with E-state index < -0.39 is 0 Å². The summed E-state index contributed by atoms with van der Waals surface area (Å²) in [5, 5.41) is 6.41. The average Bonchev–Trinajstić information content (AvgIpc) is 3.04. The van der Waals surface area contributed by atoms with Crippen LogP contribution in [0.4, 0.5) is 5.69 Å².